The third kappa shape index (κ3) is 6.47. The largest absolute Gasteiger partial charge is 0.501 e. The van der Waals surface area contributed by atoms with Crippen LogP contribution in [0.3, 0.4) is 0 Å². The van der Waals surface area contributed by atoms with E-state index in [9.17, 15) is 33.5 Å². The molecule has 4 aliphatic rings. The van der Waals surface area contributed by atoms with Gasteiger partial charge in [0.25, 0.3) is 11.5 Å². The van der Waals surface area contributed by atoms with Crippen LogP contribution in [0.2, 0.25) is 0 Å². The molecule has 0 spiro atoms. The number of amides is 4. The van der Waals surface area contributed by atoms with Crippen LogP contribution in [-0.4, -0.2) is 112 Å². The highest BCUT2D eigenvalue weighted by molar-refractivity contribution is 6.34. The van der Waals surface area contributed by atoms with E-state index < -0.39 is 45.7 Å². The molecule has 0 atom stereocenters. The van der Waals surface area contributed by atoms with Crippen LogP contribution in [0.15, 0.2) is 23.0 Å². The van der Waals surface area contributed by atoms with E-state index in [1.165, 1.54) is 47.6 Å². The lowest BCUT2D eigenvalue weighted by molar-refractivity contribution is -0.155. The number of hydrogen-bond donors (Lipinski definition) is 2. The van der Waals surface area contributed by atoms with Crippen LogP contribution in [0.25, 0.3) is 0 Å². The first-order valence-electron chi connectivity index (χ1n) is 16.0. The molecule has 1 aromatic heterocycles. The van der Waals surface area contributed by atoms with Crippen molar-refractivity contribution >= 4 is 23.6 Å². The number of likely N-dealkylation sites (N-methyl/N-ethyl adjacent to an activating group) is 2. The van der Waals surface area contributed by atoms with Gasteiger partial charge in [0.05, 0.1) is 0 Å². The summed E-state index contributed by atoms with van der Waals surface area (Å²) < 4.78 is 15.2. The summed E-state index contributed by atoms with van der Waals surface area (Å²) in [6.07, 6.45) is 2.79. The molecule has 0 radical (unpaired) electrons. The predicted octanol–water partition coefficient (Wildman–Crippen LogP) is 1.20. The Kier molecular flexibility index (Phi) is 9.45. The fraction of sp³-hybridized carbons (Fsp3) is 0.576. The summed E-state index contributed by atoms with van der Waals surface area (Å²) in [5.74, 6) is -3.29. The maximum atomic E-state index is 14.0. The molecule has 2 aromatic rings. The molecular weight excluding hydrogens is 609 g/mol. The topological polar surface area (TPSA) is 148 Å². The molecule has 254 valence electrons. The van der Waals surface area contributed by atoms with Crippen molar-refractivity contribution in [1.29, 1.82) is 0 Å². The molecule has 0 unspecified atom stereocenters. The average molecular weight is 654 g/mol. The van der Waals surface area contributed by atoms with E-state index in [4.69, 9.17) is 0 Å². The van der Waals surface area contributed by atoms with Gasteiger partial charge in [-0.1, -0.05) is 12.1 Å². The van der Waals surface area contributed by atoms with Crippen LogP contribution in [0, 0.1) is 18.2 Å². The Bertz CT molecular complexity index is 1650. The lowest BCUT2D eigenvalue weighted by Crippen LogP contribution is -2.55. The lowest BCUT2D eigenvalue weighted by Gasteiger charge is -2.47. The van der Waals surface area contributed by atoms with Gasteiger partial charge in [0.1, 0.15) is 17.2 Å². The van der Waals surface area contributed by atoms with E-state index in [2.05, 4.69) is 15.2 Å². The number of rotatable bonds is 6. The van der Waals surface area contributed by atoms with Crippen LogP contribution in [-0.2, 0) is 33.0 Å². The third-order valence-corrected chi connectivity index (χ3v) is 10.2. The summed E-state index contributed by atoms with van der Waals surface area (Å²) in [4.78, 5) is 77.1. The molecule has 4 heterocycles. The third-order valence-electron chi connectivity index (χ3n) is 10.2. The monoisotopic (exact) mass is 653 g/mol. The standard InChI is InChI=1S/C33H44FN7O6/c1-21-17-23(7-8-24(21)34)18-35-27(44)25-26(43)28(45)41-20-32(19-39-13-6-14-40(16-15-39)22(2)42)9-11-33(12-10-32,31(41)36-25)38(5)30(47)29(46)37(3)4/h7-8,17,43H,6,9-16,18-20H2,1-5H3,(H,35,44). The number of aromatic nitrogens is 2. The summed E-state index contributed by atoms with van der Waals surface area (Å²) >= 11 is 0. The van der Waals surface area contributed by atoms with Gasteiger partial charge < -0.3 is 30.0 Å². The van der Waals surface area contributed by atoms with E-state index in [1.807, 2.05) is 4.90 Å². The number of fused-ring (bicyclic) bond motifs is 2. The highest BCUT2D eigenvalue weighted by atomic mass is 19.1. The molecule has 13 nitrogen and oxygen atoms in total. The summed E-state index contributed by atoms with van der Waals surface area (Å²) in [6, 6.07) is 4.41. The van der Waals surface area contributed by atoms with Crippen LogP contribution in [0.5, 0.6) is 5.75 Å². The molecule has 14 heteroatoms. The Morgan fingerprint density at radius 1 is 1.02 bits per heavy atom. The molecule has 1 saturated carbocycles. The van der Waals surface area contributed by atoms with Gasteiger partial charge in [0, 0.05) is 72.8 Å². The Labute approximate surface area is 273 Å². The maximum Gasteiger partial charge on any atom is 0.312 e. The minimum absolute atomic E-state index is 0.000359. The van der Waals surface area contributed by atoms with E-state index in [1.54, 1.807) is 19.9 Å². The van der Waals surface area contributed by atoms with Gasteiger partial charge in [-0.05, 0) is 62.8 Å². The molecule has 2 fully saturated rings. The number of aromatic hydroxyl groups is 1. The van der Waals surface area contributed by atoms with Crippen LogP contribution in [0.4, 0.5) is 4.39 Å². The zero-order chi connectivity index (χ0) is 34.3. The maximum absolute atomic E-state index is 14.0. The van der Waals surface area contributed by atoms with Crippen molar-refractivity contribution < 1.29 is 28.7 Å². The number of carbonyl (C=O) groups is 4. The van der Waals surface area contributed by atoms with Crippen molar-refractivity contribution in [1.82, 2.24) is 34.5 Å². The molecule has 2 bridgehead atoms. The van der Waals surface area contributed by atoms with Crippen molar-refractivity contribution in [2.45, 2.75) is 64.6 Å². The Morgan fingerprint density at radius 2 is 1.72 bits per heavy atom. The van der Waals surface area contributed by atoms with E-state index in [0.29, 0.717) is 63.0 Å². The molecule has 6 rings (SSSR count). The van der Waals surface area contributed by atoms with Gasteiger partial charge in [-0.15, -0.1) is 0 Å². The molecule has 3 aliphatic heterocycles. The predicted molar refractivity (Wildman–Crippen MR) is 170 cm³/mol. The van der Waals surface area contributed by atoms with Crippen LogP contribution < -0.4 is 10.9 Å². The van der Waals surface area contributed by atoms with Crippen LogP contribution in [0.1, 0.15) is 66.5 Å². The zero-order valence-electron chi connectivity index (χ0n) is 27.8. The Hall–Kier alpha value is -4.33. The second-order valence-electron chi connectivity index (χ2n) is 13.5. The van der Waals surface area contributed by atoms with Crippen LogP contribution >= 0.6 is 0 Å². The van der Waals surface area contributed by atoms with Gasteiger partial charge in [-0.25, -0.2) is 9.37 Å². The quantitative estimate of drug-likeness (QED) is 0.442. The average Bonchev–Trinajstić information content (AvgIpc) is 3.42. The molecule has 47 heavy (non-hydrogen) atoms. The van der Waals surface area contributed by atoms with Crippen molar-refractivity contribution in [3.63, 3.8) is 0 Å². The molecule has 2 N–H and O–H groups in total. The van der Waals surface area contributed by atoms with Crippen molar-refractivity contribution in [2.75, 3.05) is 53.9 Å². The van der Waals surface area contributed by atoms with E-state index in [-0.39, 0.29) is 30.6 Å². The molecular formula is C33H44FN7O6. The van der Waals surface area contributed by atoms with Gasteiger partial charge in [-0.3, -0.25) is 28.5 Å². The van der Waals surface area contributed by atoms with Gasteiger partial charge in [0.2, 0.25) is 11.7 Å². The van der Waals surface area contributed by atoms with E-state index >= 15 is 0 Å². The number of carbonyl (C=O) groups excluding carboxylic acids is 4. The minimum atomic E-state index is -1.19. The summed E-state index contributed by atoms with van der Waals surface area (Å²) in [5.41, 5.74) is -1.86. The normalized spacial score (nSPS) is 22.6. The second-order valence-corrected chi connectivity index (χ2v) is 13.5. The SMILES string of the molecule is CC(=O)N1CCCN(CC23CCC(N(C)C(=O)C(=O)N(C)C)(CC2)c2nc(C(=O)NCc4ccc(F)c(C)c4)c(O)c(=O)n2C3)CC1. The van der Waals surface area contributed by atoms with Crippen molar-refractivity contribution in [3.05, 3.63) is 57.0 Å². The number of nitrogens with zero attached hydrogens (tertiary/aromatic N) is 6. The summed E-state index contributed by atoms with van der Waals surface area (Å²) in [5, 5.41) is 13.8. The number of nitrogens with one attached hydrogen (secondary N) is 1. The number of halogens is 1. The first kappa shape index (κ1) is 34.0. The summed E-state index contributed by atoms with van der Waals surface area (Å²) in [7, 11) is 4.49. The van der Waals surface area contributed by atoms with Gasteiger partial charge in [0.15, 0.2) is 5.69 Å². The molecule has 1 aromatic carbocycles. The molecule has 1 aliphatic carbocycles. The Morgan fingerprint density at radius 3 is 2.36 bits per heavy atom. The number of aryl methyl sites for hydroxylation is 1. The first-order valence-corrected chi connectivity index (χ1v) is 16.0. The smallest absolute Gasteiger partial charge is 0.312 e. The fourth-order valence-corrected chi connectivity index (χ4v) is 7.34. The summed E-state index contributed by atoms with van der Waals surface area (Å²) in [6.45, 7) is 6.76. The highest BCUT2D eigenvalue weighted by Crippen LogP contribution is 2.52. The van der Waals surface area contributed by atoms with Crippen molar-refractivity contribution in [3.8, 4) is 5.75 Å². The number of hydrogen-bond acceptors (Lipinski definition) is 8. The highest BCUT2D eigenvalue weighted by Gasteiger charge is 2.55. The second kappa shape index (κ2) is 13.1. The first-order chi connectivity index (χ1) is 22.2. The lowest BCUT2D eigenvalue weighted by atomic mass is 9.67. The fourth-order valence-electron chi connectivity index (χ4n) is 7.34. The molecule has 4 amide bonds. The Balaban J connectivity index is 1.52. The minimum Gasteiger partial charge on any atom is -0.501 e. The van der Waals surface area contributed by atoms with Crippen molar-refractivity contribution in [2.24, 2.45) is 5.41 Å². The number of benzene rings is 1. The van der Waals surface area contributed by atoms with E-state index in [0.717, 1.165) is 13.0 Å². The zero-order valence-corrected chi connectivity index (χ0v) is 27.8. The van der Waals surface area contributed by atoms with Gasteiger partial charge in [-0.2, -0.15) is 0 Å². The molecule has 1 saturated heterocycles. The van der Waals surface area contributed by atoms with Gasteiger partial charge >= 0.3 is 11.8 Å².